The molecule has 2 aromatic carbocycles. The van der Waals surface area contributed by atoms with Crippen LogP contribution in [0.15, 0.2) is 54.9 Å². The summed E-state index contributed by atoms with van der Waals surface area (Å²) in [6, 6.07) is 15.0. The number of nitrogens with zero attached hydrogens (tertiary/aromatic N) is 2. The normalized spacial score (nSPS) is 10.7. The molecule has 0 bridgehead atoms. The van der Waals surface area contributed by atoms with Gasteiger partial charge in [-0.25, -0.2) is 4.98 Å². The number of anilines is 2. The number of benzene rings is 2. The van der Waals surface area contributed by atoms with Gasteiger partial charge < -0.3 is 15.6 Å². The highest BCUT2D eigenvalue weighted by Gasteiger charge is 2.05. The standard InChI is InChI=1S/C16H16N4O/c17-12-5-7-13(8-6-12)19-16(21)9-10-20-11-18-14-3-1-2-4-15(14)20/h1-8,11H,9-10,17H2,(H,19,21). The lowest BCUT2D eigenvalue weighted by Crippen LogP contribution is -2.14. The fourth-order valence-corrected chi connectivity index (χ4v) is 2.20. The second-order valence-corrected chi connectivity index (χ2v) is 4.85. The molecule has 21 heavy (non-hydrogen) atoms. The summed E-state index contributed by atoms with van der Waals surface area (Å²) in [6.45, 7) is 0.599. The number of nitrogens with one attached hydrogen (secondary N) is 1. The molecule has 1 aromatic heterocycles. The topological polar surface area (TPSA) is 72.9 Å². The quantitative estimate of drug-likeness (QED) is 0.722. The molecule has 0 aliphatic heterocycles. The minimum atomic E-state index is -0.0300. The van der Waals surface area contributed by atoms with Gasteiger partial charge in [-0.05, 0) is 36.4 Å². The first-order valence-electron chi connectivity index (χ1n) is 6.77. The van der Waals surface area contributed by atoms with Gasteiger partial charge in [0.15, 0.2) is 0 Å². The van der Waals surface area contributed by atoms with Crippen LogP contribution in [0.3, 0.4) is 0 Å². The van der Waals surface area contributed by atoms with E-state index in [1.807, 2.05) is 28.8 Å². The summed E-state index contributed by atoms with van der Waals surface area (Å²) in [7, 11) is 0. The van der Waals surface area contributed by atoms with Gasteiger partial charge in [0.25, 0.3) is 0 Å². The highest BCUT2D eigenvalue weighted by atomic mass is 16.1. The van der Waals surface area contributed by atoms with Crippen LogP contribution in [0.5, 0.6) is 0 Å². The number of aromatic nitrogens is 2. The molecule has 0 aliphatic rings. The molecule has 3 aromatic rings. The van der Waals surface area contributed by atoms with Crippen LogP contribution in [0.2, 0.25) is 0 Å². The van der Waals surface area contributed by atoms with Crippen LogP contribution in [0, 0.1) is 0 Å². The SMILES string of the molecule is Nc1ccc(NC(=O)CCn2cnc3ccccc32)cc1. The molecule has 0 radical (unpaired) electrons. The van der Waals surface area contributed by atoms with Crippen molar-refractivity contribution in [3.05, 3.63) is 54.9 Å². The van der Waals surface area contributed by atoms with Crippen LogP contribution in [0.4, 0.5) is 11.4 Å². The predicted molar refractivity (Wildman–Crippen MR) is 83.8 cm³/mol. The van der Waals surface area contributed by atoms with E-state index < -0.39 is 0 Å². The number of nitrogen functional groups attached to an aromatic ring is 1. The van der Waals surface area contributed by atoms with Crippen molar-refractivity contribution in [1.82, 2.24) is 9.55 Å². The molecule has 0 spiro atoms. The average Bonchev–Trinajstić information content (AvgIpc) is 2.91. The fourth-order valence-electron chi connectivity index (χ4n) is 2.20. The van der Waals surface area contributed by atoms with Crippen molar-refractivity contribution in [3.8, 4) is 0 Å². The number of aryl methyl sites for hydroxylation is 1. The fraction of sp³-hybridized carbons (Fsp3) is 0.125. The Morgan fingerprint density at radius 1 is 1.14 bits per heavy atom. The maximum absolute atomic E-state index is 12.0. The van der Waals surface area contributed by atoms with E-state index in [4.69, 9.17) is 5.73 Å². The molecule has 0 saturated heterocycles. The number of para-hydroxylation sites is 2. The Balaban J connectivity index is 1.62. The highest BCUT2D eigenvalue weighted by Crippen LogP contribution is 2.13. The van der Waals surface area contributed by atoms with Gasteiger partial charge in [0.2, 0.25) is 5.91 Å². The van der Waals surface area contributed by atoms with Crippen molar-refractivity contribution in [2.45, 2.75) is 13.0 Å². The molecule has 1 amide bonds. The number of carbonyl (C=O) groups excluding carboxylic acids is 1. The monoisotopic (exact) mass is 280 g/mol. The summed E-state index contributed by atoms with van der Waals surface area (Å²) in [5, 5.41) is 2.85. The van der Waals surface area contributed by atoms with Crippen LogP contribution < -0.4 is 11.1 Å². The third-order valence-electron chi connectivity index (χ3n) is 3.30. The maximum Gasteiger partial charge on any atom is 0.226 e. The first-order valence-corrected chi connectivity index (χ1v) is 6.77. The number of rotatable bonds is 4. The molecule has 106 valence electrons. The number of fused-ring (bicyclic) bond motifs is 1. The molecule has 0 atom stereocenters. The molecule has 0 fully saturated rings. The van der Waals surface area contributed by atoms with Crippen molar-refractivity contribution < 1.29 is 4.79 Å². The third-order valence-corrected chi connectivity index (χ3v) is 3.30. The Kier molecular flexibility index (Phi) is 3.55. The minimum absolute atomic E-state index is 0.0300. The van der Waals surface area contributed by atoms with Crippen molar-refractivity contribution in [2.24, 2.45) is 0 Å². The lowest BCUT2D eigenvalue weighted by atomic mass is 10.2. The Bertz CT molecular complexity index is 761. The summed E-state index contributed by atoms with van der Waals surface area (Å²) in [4.78, 5) is 16.3. The van der Waals surface area contributed by atoms with E-state index in [1.165, 1.54) is 0 Å². The van der Waals surface area contributed by atoms with Crippen molar-refractivity contribution in [1.29, 1.82) is 0 Å². The summed E-state index contributed by atoms with van der Waals surface area (Å²) in [5.41, 5.74) is 9.02. The number of nitrogens with two attached hydrogens (primary N) is 1. The van der Waals surface area contributed by atoms with Gasteiger partial charge in [-0.2, -0.15) is 0 Å². The number of carbonyl (C=O) groups is 1. The second kappa shape index (κ2) is 5.66. The molecule has 3 N–H and O–H groups in total. The molecule has 5 nitrogen and oxygen atoms in total. The van der Waals surface area contributed by atoms with Gasteiger partial charge in [-0.15, -0.1) is 0 Å². The molecule has 1 heterocycles. The molecular formula is C16H16N4O. The first kappa shape index (κ1) is 13.2. The zero-order valence-electron chi connectivity index (χ0n) is 11.5. The van der Waals surface area contributed by atoms with E-state index >= 15 is 0 Å². The van der Waals surface area contributed by atoms with Gasteiger partial charge in [-0.1, -0.05) is 12.1 Å². The van der Waals surface area contributed by atoms with Gasteiger partial charge in [0, 0.05) is 24.3 Å². The molecule has 0 saturated carbocycles. The van der Waals surface area contributed by atoms with Crippen LogP contribution >= 0.6 is 0 Å². The molecule has 3 rings (SSSR count). The third kappa shape index (κ3) is 3.02. The minimum Gasteiger partial charge on any atom is -0.399 e. The van der Waals surface area contributed by atoms with E-state index in [1.54, 1.807) is 30.6 Å². The lowest BCUT2D eigenvalue weighted by molar-refractivity contribution is -0.116. The zero-order chi connectivity index (χ0) is 14.7. The van der Waals surface area contributed by atoms with E-state index in [9.17, 15) is 4.79 Å². The van der Waals surface area contributed by atoms with Gasteiger partial charge in [0.05, 0.1) is 17.4 Å². The summed E-state index contributed by atoms with van der Waals surface area (Å²) in [5.74, 6) is -0.0300. The maximum atomic E-state index is 12.0. The van der Waals surface area contributed by atoms with Crippen molar-refractivity contribution in [2.75, 3.05) is 11.1 Å². The van der Waals surface area contributed by atoms with E-state index in [-0.39, 0.29) is 5.91 Å². The van der Waals surface area contributed by atoms with Gasteiger partial charge in [0.1, 0.15) is 0 Å². The number of amides is 1. The van der Waals surface area contributed by atoms with Crippen LogP contribution in [-0.4, -0.2) is 15.5 Å². The first-order chi connectivity index (χ1) is 10.2. The largest absolute Gasteiger partial charge is 0.399 e. The Morgan fingerprint density at radius 3 is 2.71 bits per heavy atom. The van der Waals surface area contributed by atoms with Crippen LogP contribution in [0.25, 0.3) is 11.0 Å². The average molecular weight is 280 g/mol. The molecule has 0 aliphatic carbocycles. The van der Waals surface area contributed by atoms with E-state index in [0.29, 0.717) is 18.7 Å². The molecular weight excluding hydrogens is 264 g/mol. The predicted octanol–water partition coefficient (Wildman–Crippen LogP) is 2.65. The summed E-state index contributed by atoms with van der Waals surface area (Å²) < 4.78 is 1.98. The molecule has 0 unspecified atom stereocenters. The Morgan fingerprint density at radius 2 is 1.90 bits per heavy atom. The second-order valence-electron chi connectivity index (χ2n) is 4.85. The van der Waals surface area contributed by atoms with Crippen LogP contribution in [0.1, 0.15) is 6.42 Å². The number of hydrogen-bond acceptors (Lipinski definition) is 3. The summed E-state index contributed by atoms with van der Waals surface area (Å²) in [6.07, 6.45) is 2.16. The smallest absolute Gasteiger partial charge is 0.226 e. The Labute approximate surface area is 122 Å². The lowest BCUT2D eigenvalue weighted by Gasteiger charge is -2.07. The van der Waals surface area contributed by atoms with E-state index in [2.05, 4.69) is 10.3 Å². The zero-order valence-corrected chi connectivity index (χ0v) is 11.5. The Hall–Kier alpha value is -2.82. The van der Waals surface area contributed by atoms with Crippen LogP contribution in [-0.2, 0) is 11.3 Å². The number of hydrogen-bond donors (Lipinski definition) is 2. The van der Waals surface area contributed by atoms with Crippen molar-refractivity contribution >= 4 is 28.3 Å². The highest BCUT2D eigenvalue weighted by molar-refractivity contribution is 5.90. The summed E-state index contributed by atoms with van der Waals surface area (Å²) >= 11 is 0. The van der Waals surface area contributed by atoms with Crippen molar-refractivity contribution in [3.63, 3.8) is 0 Å². The van der Waals surface area contributed by atoms with E-state index in [0.717, 1.165) is 16.7 Å². The molecule has 5 heteroatoms. The number of imidazole rings is 1. The van der Waals surface area contributed by atoms with Gasteiger partial charge >= 0.3 is 0 Å². The van der Waals surface area contributed by atoms with Gasteiger partial charge in [-0.3, -0.25) is 4.79 Å².